The van der Waals surface area contributed by atoms with Gasteiger partial charge in [-0.05, 0) is 61.7 Å². The summed E-state index contributed by atoms with van der Waals surface area (Å²) in [6.07, 6.45) is 0. The van der Waals surface area contributed by atoms with Gasteiger partial charge in [0.05, 0.1) is 16.2 Å². The van der Waals surface area contributed by atoms with Crippen LogP contribution in [0.3, 0.4) is 0 Å². The number of hydrogen-bond donors (Lipinski definition) is 0. The van der Waals surface area contributed by atoms with E-state index in [1.165, 1.54) is 4.31 Å². The van der Waals surface area contributed by atoms with E-state index in [4.69, 9.17) is 9.26 Å². The highest BCUT2D eigenvalue weighted by Gasteiger charge is 2.30. The highest BCUT2D eigenvalue weighted by molar-refractivity contribution is 7.89. The maximum Gasteiger partial charge on any atom is 0.253 e. The molecule has 0 atom stereocenters. The van der Waals surface area contributed by atoms with Gasteiger partial charge >= 0.3 is 0 Å². The van der Waals surface area contributed by atoms with Crippen LogP contribution in [0.15, 0.2) is 57.9 Å². The summed E-state index contributed by atoms with van der Waals surface area (Å²) in [6, 6.07) is 14.0. The number of ether oxygens (including phenoxy) is 1. The number of aromatic nitrogens is 1. The zero-order valence-electron chi connectivity index (χ0n) is 20.5. The number of amides is 1. The van der Waals surface area contributed by atoms with E-state index in [-0.39, 0.29) is 23.9 Å². The van der Waals surface area contributed by atoms with Crippen molar-refractivity contribution in [1.29, 1.82) is 0 Å². The van der Waals surface area contributed by atoms with Gasteiger partial charge in [0.2, 0.25) is 10.0 Å². The fourth-order valence-corrected chi connectivity index (χ4v) is 5.47. The molecule has 0 saturated carbocycles. The monoisotopic (exact) mass is 497 g/mol. The predicted octanol–water partition coefficient (Wildman–Crippen LogP) is 4.14. The quantitative estimate of drug-likeness (QED) is 0.487. The summed E-state index contributed by atoms with van der Waals surface area (Å²) < 4.78 is 38.5. The fourth-order valence-electron chi connectivity index (χ4n) is 4.05. The van der Waals surface area contributed by atoms with Gasteiger partial charge in [-0.1, -0.05) is 31.1 Å². The summed E-state index contributed by atoms with van der Waals surface area (Å²) in [5.74, 6) is 1.58. The Morgan fingerprint density at radius 2 is 1.63 bits per heavy atom. The molecule has 1 aliphatic heterocycles. The van der Waals surface area contributed by atoms with Crippen LogP contribution < -0.4 is 4.74 Å². The Morgan fingerprint density at radius 1 is 1.00 bits per heavy atom. The molecule has 9 heteroatoms. The fraction of sp³-hybridized carbons (Fsp3) is 0.385. The number of carbonyl (C=O) groups excluding carboxylic acids is 1. The van der Waals surface area contributed by atoms with Crippen LogP contribution in [0.1, 0.15) is 52.7 Å². The first-order chi connectivity index (χ1) is 16.7. The Hall–Kier alpha value is -3.17. The standard InChI is InChI=1S/C26H31N3O5S/c1-18(2)21-7-11-24(12-8-21)35(31,32)29-15-13-28(14-16-29)26(30)22-5-9-23(10-6-22)33-17-25-19(3)27-34-20(25)4/h5-12,18H,13-17H2,1-4H3. The lowest BCUT2D eigenvalue weighted by Gasteiger charge is -2.34. The van der Waals surface area contributed by atoms with Gasteiger partial charge in [-0.2, -0.15) is 4.31 Å². The molecule has 0 aliphatic carbocycles. The maximum atomic E-state index is 13.0. The minimum atomic E-state index is -3.59. The van der Waals surface area contributed by atoms with Crippen molar-refractivity contribution in [2.75, 3.05) is 26.2 Å². The second-order valence-electron chi connectivity index (χ2n) is 9.04. The Labute approximate surface area is 206 Å². The highest BCUT2D eigenvalue weighted by atomic mass is 32.2. The largest absolute Gasteiger partial charge is 0.489 e. The van der Waals surface area contributed by atoms with E-state index in [9.17, 15) is 13.2 Å². The second-order valence-corrected chi connectivity index (χ2v) is 11.0. The van der Waals surface area contributed by atoms with Gasteiger partial charge in [0.1, 0.15) is 18.1 Å². The van der Waals surface area contributed by atoms with E-state index in [0.717, 1.165) is 22.6 Å². The molecule has 35 heavy (non-hydrogen) atoms. The Bertz CT molecular complexity index is 1250. The van der Waals surface area contributed by atoms with Gasteiger partial charge < -0.3 is 14.2 Å². The van der Waals surface area contributed by atoms with E-state index in [2.05, 4.69) is 19.0 Å². The molecule has 1 saturated heterocycles. The molecular formula is C26H31N3O5S. The zero-order chi connectivity index (χ0) is 25.2. The SMILES string of the molecule is Cc1noc(C)c1COc1ccc(C(=O)N2CCN(S(=O)(=O)c3ccc(C(C)C)cc3)CC2)cc1. The van der Waals surface area contributed by atoms with Gasteiger partial charge in [-0.3, -0.25) is 4.79 Å². The van der Waals surface area contributed by atoms with E-state index in [0.29, 0.717) is 36.9 Å². The van der Waals surface area contributed by atoms with Crippen LogP contribution in [0.5, 0.6) is 5.75 Å². The second kappa shape index (κ2) is 10.2. The minimum absolute atomic E-state index is 0.124. The number of rotatable bonds is 7. The molecule has 2 heterocycles. The molecule has 8 nitrogen and oxygen atoms in total. The van der Waals surface area contributed by atoms with Crippen LogP contribution in [0.25, 0.3) is 0 Å². The first-order valence-corrected chi connectivity index (χ1v) is 13.1. The highest BCUT2D eigenvalue weighted by Crippen LogP contribution is 2.23. The number of aryl methyl sites for hydroxylation is 2. The van der Waals surface area contributed by atoms with Crippen LogP contribution in [0.4, 0.5) is 0 Å². The van der Waals surface area contributed by atoms with E-state index < -0.39 is 10.0 Å². The van der Waals surface area contributed by atoms with Crippen molar-refractivity contribution in [3.63, 3.8) is 0 Å². The number of hydrogen-bond acceptors (Lipinski definition) is 6. The molecule has 0 radical (unpaired) electrons. The third kappa shape index (κ3) is 5.41. The molecule has 0 unspecified atom stereocenters. The Kier molecular flexibility index (Phi) is 7.28. The van der Waals surface area contributed by atoms with Crippen molar-refractivity contribution < 1.29 is 22.5 Å². The summed E-state index contributed by atoms with van der Waals surface area (Å²) in [4.78, 5) is 14.9. The summed E-state index contributed by atoms with van der Waals surface area (Å²) in [6.45, 7) is 9.39. The summed E-state index contributed by atoms with van der Waals surface area (Å²) >= 11 is 0. The molecule has 3 aromatic rings. The smallest absolute Gasteiger partial charge is 0.253 e. The summed E-state index contributed by atoms with van der Waals surface area (Å²) in [5, 5.41) is 3.92. The molecule has 0 N–H and O–H groups in total. The van der Waals surface area contributed by atoms with Gasteiger partial charge in [-0.25, -0.2) is 8.42 Å². The molecule has 2 aromatic carbocycles. The van der Waals surface area contributed by atoms with Crippen molar-refractivity contribution in [2.45, 2.75) is 45.1 Å². The molecule has 4 rings (SSSR count). The Morgan fingerprint density at radius 3 is 2.17 bits per heavy atom. The third-order valence-electron chi connectivity index (χ3n) is 6.38. The first-order valence-electron chi connectivity index (χ1n) is 11.7. The summed E-state index contributed by atoms with van der Waals surface area (Å²) in [5.41, 5.74) is 3.34. The molecule has 1 aliphatic rings. The van der Waals surface area contributed by atoms with E-state index in [1.807, 2.05) is 26.0 Å². The normalized spacial score (nSPS) is 14.9. The van der Waals surface area contributed by atoms with E-state index in [1.54, 1.807) is 41.3 Å². The number of piperazine rings is 1. The minimum Gasteiger partial charge on any atom is -0.489 e. The zero-order valence-corrected chi connectivity index (χ0v) is 21.3. The first kappa shape index (κ1) is 24.9. The number of sulfonamides is 1. The number of carbonyl (C=O) groups is 1. The van der Waals surface area contributed by atoms with Crippen LogP contribution >= 0.6 is 0 Å². The number of benzene rings is 2. The van der Waals surface area contributed by atoms with Crippen LogP contribution in [0.2, 0.25) is 0 Å². The summed E-state index contributed by atoms with van der Waals surface area (Å²) in [7, 11) is -3.59. The molecule has 1 aromatic heterocycles. The van der Waals surface area contributed by atoms with Crippen molar-refractivity contribution in [1.82, 2.24) is 14.4 Å². The maximum absolute atomic E-state index is 13.0. The lowest BCUT2D eigenvalue weighted by Crippen LogP contribution is -2.50. The topological polar surface area (TPSA) is 93.0 Å². The van der Waals surface area contributed by atoms with Crippen molar-refractivity contribution in [2.24, 2.45) is 0 Å². The van der Waals surface area contributed by atoms with Crippen LogP contribution in [0, 0.1) is 13.8 Å². The molecule has 0 spiro atoms. The van der Waals surface area contributed by atoms with Crippen molar-refractivity contribution >= 4 is 15.9 Å². The van der Waals surface area contributed by atoms with Crippen molar-refractivity contribution in [3.05, 3.63) is 76.7 Å². The van der Waals surface area contributed by atoms with Gasteiger partial charge in [0.15, 0.2) is 0 Å². The lowest BCUT2D eigenvalue weighted by molar-refractivity contribution is 0.0698. The molecule has 186 valence electrons. The molecular weight excluding hydrogens is 466 g/mol. The number of nitrogens with zero attached hydrogens (tertiary/aromatic N) is 3. The van der Waals surface area contributed by atoms with Gasteiger partial charge in [-0.15, -0.1) is 0 Å². The average Bonchev–Trinajstić information content (AvgIpc) is 3.19. The van der Waals surface area contributed by atoms with Gasteiger partial charge in [0, 0.05) is 31.7 Å². The molecule has 0 bridgehead atoms. The van der Waals surface area contributed by atoms with Crippen molar-refractivity contribution in [3.8, 4) is 5.75 Å². The predicted molar refractivity (Wildman–Crippen MR) is 132 cm³/mol. The molecule has 1 fully saturated rings. The lowest BCUT2D eigenvalue weighted by atomic mass is 10.0. The Balaban J connectivity index is 1.33. The van der Waals surface area contributed by atoms with Gasteiger partial charge in [0.25, 0.3) is 5.91 Å². The van der Waals surface area contributed by atoms with Crippen LogP contribution in [-0.2, 0) is 16.6 Å². The van der Waals surface area contributed by atoms with E-state index >= 15 is 0 Å². The van der Waals surface area contributed by atoms with Crippen LogP contribution in [-0.4, -0.2) is 54.9 Å². The average molecular weight is 498 g/mol. The molecule has 1 amide bonds. The third-order valence-corrected chi connectivity index (χ3v) is 8.29.